The van der Waals surface area contributed by atoms with Crippen LogP contribution in [0.15, 0.2) is 22.0 Å². The first-order chi connectivity index (χ1) is 23.9. The van der Waals surface area contributed by atoms with Gasteiger partial charge in [0.15, 0.2) is 12.6 Å². The van der Waals surface area contributed by atoms with Crippen molar-refractivity contribution < 1.29 is 59.4 Å². The van der Waals surface area contributed by atoms with Gasteiger partial charge in [0.25, 0.3) is 5.56 Å². The van der Waals surface area contributed by atoms with Crippen LogP contribution in [-0.2, 0) is 36.6 Å². The molecule has 0 aromatic carbocycles. The molecule has 5 heterocycles. The zero-order valence-electron chi connectivity index (χ0n) is 27.6. The first-order valence-corrected chi connectivity index (χ1v) is 16.5. The number of hydrogen-bond donors (Lipinski definition) is 8. The van der Waals surface area contributed by atoms with Crippen LogP contribution in [0.25, 0.3) is 0 Å². The van der Waals surface area contributed by atoms with Gasteiger partial charge in [0.1, 0.15) is 42.3 Å². The van der Waals surface area contributed by atoms with Crippen LogP contribution in [-0.4, -0.2) is 148 Å². The summed E-state index contributed by atoms with van der Waals surface area (Å²) in [5.74, 6) is 4.32. The Morgan fingerprint density at radius 1 is 0.920 bits per heavy atom. The molecule has 5 rings (SSSR count). The van der Waals surface area contributed by atoms with Crippen LogP contribution in [0.5, 0.6) is 0 Å². The second-order valence-corrected chi connectivity index (χ2v) is 12.7. The van der Waals surface area contributed by atoms with Gasteiger partial charge >= 0.3 is 5.69 Å². The molecule has 278 valence electrons. The standard InChI is InChI=1S/C31H45N5O14/c1-15-24(41)26(43)21(13-38)48-30(15)50-27-22(14-39)49-29(16(2)25(27)42)46-8-7-35-11-18(33-34-35)6-4-3-5-17-10-36(31(45)32-28(17)44)23-9-19(40)20(12-37)47-23/h10-11,15-16,19-27,29-30,37-43H,4,6-9,12-14H2,1-2H3,(H,32,44,45)/t15?,16?,19-,20-,21?,22?,23-,24?,25?,26?,27?,29?,30?/m1/s1. The van der Waals surface area contributed by atoms with E-state index in [1.165, 1.54) is 6.20 Å². The second kappa shape index (κ2) is 16.9. The number of H-pyrrole nitrogens is 1. The van der Waals surface area contributed by atoms with Crippen LogP contribution in [0.3, 0.4) is 0 Å². The summed E-state index contributed by atoms with van der Waals surface area (Å²) >= 11 is 0. The van der Waals surface area contributed by atoms with Gasteiger partial charge in [-0.25, -0.2) is 9.48 Å². The van der Waals surface area contributed by atoms with Crippen LogP contribution < -0.4 is 11.2 Å². The van der Waals surface area contributed by atoms with Crippen molar-refractivity contribution in [1.82, 2.24) is 24.5 Å². The molecule has 2 aromatic rings. The fourth-order valence-electron chi connectivity index (χ4n) is 6.10. The van der Waals surface area contributed by atoms with E-state index in [1.54, 1.807) is 24.7 Å². The van der Waals surface area contributed by atoms with Gasteiger partial charge in [-0.15, -0.1) is 5.10 Å². The molecule has 3 aliphatic heterocycles. The average molecular weight is 712 g/mol. The van der Waals surface area contributed by atoms with Crippen molar-refractivity contribution in [1.29, 1.82) is 0 Å². The number of aliphatic hydroxyl groups excluding tert-OH is 7. The summed E-state index contributed by atoms with van der Waals surface area (Å²) in [6.07, 6.45) is -7.70. The van der Waals surface area contributed by atoms with Gasteiger partial charge in [0, 0.05) is 43.5 Å². The molecule has 3 aliphatic rings. The molecule has 0 amide bonds. The van der Waals surface area contributed by atoms with Crippen molar-refractivity contribution in [3.05, 3.63) is 44.5 Å². The van der Waals surface area contributed by atoms with E-state index < -0.39 is 111 Å². The highest BCUT2D eigenvalue weighted by Crippen LogP contribution is 2.34. The van der Waals surface area contributed by atoms with Crippen molar-refractivity contribution in [3.63, 3.8) is 0 Å². The van der Waals surface area contributed by atoms with Crippen molar-refractivity contribution in [2.45, 2.75) is 107 Å². The molecule has 0 aliphatic carbocycles. The van der Waals surface area contributed by atoms with Gasteiger partial charge in [0.2, 0.25) is 0 Å². The smallest absolute Gasteiger partial charge is 0.330 e. The molecule has 10 unspecified atom stereocenters. The summed E-state index contributed by atoms with van der Waals surface area (Å²) in [6, 6.07) is 0. The van der Waals surface area contributed by atoms with Gasteiger partial charge in [-0.05, 0) is 0 Å². The Morgan fingerprint density at radius 2 is 1.62 bits per heavy atom. The lowest BCUT2D eigenvalue weighted by Crippen LogP contribution is -2.61. The Labute approximate surface area is 285 Å². The molecular formula is C31H45N5O14. The fourth-order valence-corrected chi connectivity index (χ4v) is 6.10. The summed E-state index contributed by atoms with van der Waals surface area (Å²) in [6.45, 7) is 2.22. The predicted octanol–water partition coefficient (Wildman–Crippen LogP) is -4.06. The molecule has 50 heavy (non-hydrogen) atoms. The molecule has 0 spiro atoms. The van der Waals surface area contributed by atoms with Crippen molar-refractivity contribution in [2.75, 3.05) is 26.4 Å². The summed E-state index contributed by atoms with van der Waals surface area (Å²) in [5, 5.41) is 78.6. The van der Waals surface area contributed by atoms with E-state index in [2.05, 4.69) is 27.1 Å². The third-order valence-electron chi connectivity index (χ3n) is 9.22. The maximum Gasteiger partial charge on any atom is 0.330 e. The first kappa shape index (κ1) is 38.1. The summed E-state index contributed by atoms with van der Waals surface area (Å²) in [4.78, 5) is 26.8. The Morgan fingerprint density at radius 3 is 2.32 bits per heavy atom. The summed E-state index contributed by atoms with van der Waals surface area (Å²) < 4.78 is 31.5. The molecule has 3 fully saturated rings. The fraction of sp³-hybridized carbons (Fsp3) is 0.742. The zero-order valence-corrected chi connectivity index (χ0v) is 27.6. The minimum Gasteiger partial charge on any atom is -0.394 e. The van der Waals surface area contributed by atoms with E-state index in [1.807, 2.05) is 0 Å². The van der Waals surface area contributed by atoms with Gasteiger partial charge in [0.05, 0.1) is 57.0 Å². The highest BCUT2D eigenvalue weighted by atomic mass is 16.7. The number of aryl methyl sites for hydroxylation is 1. The van der Waals surface area contributed by atoms with Crippen molar-refractivity contribution in [3.8, 4) is 11.8 Å². The lowest BCUT2D eigenvalue weighted by molar-refractivity contribution is -0.344. The lowest BCUT2D eigenvalue weighted by atomic mass is 9.90. The monoisotopic (exact) mass is 711 g/mol. The minimum absolute atomic E-state index is 0.0346. The maximum absolute atomic E-state index is 12.3. The van der Waals surface area contributed by atoms with Crippen LogP contribution in [0, 0.1) is 23.7 Å². The Kier molecular flexibility index (Phi) is 12.9. The number of rotatable bonds is 12. The molecule has 8 N–H and O–H groups in total. The lowest BCUT2D eigenvalue weighted by Gasteiger charge is -2.47. The molecule has 0 saturated carbocycles. The average Bonchev–Trinajstić information content (AvgIpc) is 3.72. The topological polar surface area (TPSA) is 273 Å². The quantitative estimate of drug-likeness (QED) is 0.0973. The molecular weight excluding hydrogens is 666 g/mol. The van der Waals surface area contributed by atoms with Gasteiger partial charge in [-0.2, -0.15) is 0 Å². The van der Waals surface area contributed by atoms with Gasteiger partial charge in [-0.1, -0.05) is 30.9 Å². The van der Waals surface area contributed by atoms with Crippen LogP contribution >= 0.6 is 0 Å². The summed E-state index contributed by atoms with van der Waals surface area (Å²) in [7, 11) is 0. The molecule has 0 bridgehead atoms. The number of hydrogen-bond acceptors (Lipinski definition) is 16. The van der Waals surface area contributed by atoms with E-state index in [9.17, 15) is 45.3 Å². The first-order valence-electron chi connectivity index (χ1n) is 16.5. The number of aromatic nitrogens is 5. The van der Waals surface area contributed by atoms with Gasteiger partial charge in [-0.3, -0.25) is 14.3 Å². The zero-order chi connectivity index (χ0) is 36.1. The second-order valence-electron chi connectivity index (χ2n) is 12.7. The number of ether oxygens (including phenoxy) is 5. The maximum atomic E-state index is 12.3. The third kappa shape index (κ3) is 8.50. The van der Waals surface area contributed by atoms with Crippen molar-refractivity contribution >= 4 is 0 Å². The third-order valence-corrected chi connectivity index (χ3v) is 9.22. The van der Waals surface area contributed by atoms with Crippen molar-refractivity contribution in [2.24, 2.45) is 11.8 Å². The molecule has 19 heteroatoms. The van der Waals surface area contributed by atoms with E-state index in [0.29, 0.717) is 18.5 Å². The number of nitrogens with one attached hydrogen (secondary N) is 1. The van der Waals surface area contributed by atoms with E-state index >= 15 is 0 Å². The van der Waals surface area contributed by atoms with Crippen LogP contribution in [0.1, 0.15) is 44.2 Å². The summed E-state index contributed by atoms with van der Waals surface area (Å²) in [5.41, 5.74) is -0.722. The van der Waals surface area contributed by atoms with Gasteiger partial charge < -0.3 is 59.4 Å². The molecule has 3 saturated heterocycles. The molecule has 2 aromatic heterocycles. The normalized spacial score (nSPS) is 35.9. The van der Waals surface area contributed by atoms with E-state index in [0.717, 1.165) is 4.57 Å². The number of aromatic amines is 1. The van der Waals surface area contributed by atoms with E-state index in [4.69, 9.17) is 23.7 Å². The Bertz CT molecular complexity index is 1590. The van der Waals surface area contributed by atoms with Crippen LogP contribution in [0.4, 0.5) is 0 Å². The molecule has 19 nitrogen and oxygen atoms in total. The minimum atomic E-state index is -1.31. The largest absolute Gasteiger partial charge is 0.394 e. The Balaban J connectivity index is 1.10. The molecule has 13 atom stereocenters. The molecule has 0 radical (unpaired) electrons. The predicted molar refractivity (Wildman–Crippen MR) is 167 cm³/mol. The van der Waals surface area contributed by atoms with Crippen LogP contribution in [0.2, 0.25) is 0 Å². The highest BCUT2D eigenvalue weighted by molar-refractivity contribution is 5.29. The SMILES string of the molecule is CC1C(OC2C(CO)OC(OCCn3cc(CCC#Cc4cn([C@H]5C[C@@H](O)[C@@H](CO)O5)c(=O)[nH]c4=O)nn3)C(C)C2O)OC(CO)C(O)C1O. The number of nitrogens with zero attached hydrogens (tertiary/aromatic N) is 4. The van der Waals surface area contributed by atoms with E-state index in [-0.39, 0.29) is 25.1 Å². The Hall–Kier alpha value is -3.10. The highest BCUT2D eigenvalue weighted by Gasteiger charge is 2.49. The number of aliphatic hydroxyl groups is 7.